The first kappa shape index (κ1) is 20.5. The fourth-order valence-electron chi connectivity index (χ4n) is 2.21. The van der Waals surface area contributed by atoms with Crippen molar-refractivity contribution in [3.63, 3.8) is 0 Å². The van der Waals surface area contributed by atoms with E-state index in [1.165, 1.54) is 14.2 Å². The molecule has 0 radical (unpaired) electrons. The molecule has 140 valence electrons. The number of amides is 1. The topological polar surface area (TPSA) is 59.6 Å². The van der Waals surface area contributed by atoms with E-state index >= 15 is 0 Å². The number of rotatable bonds is 6. The Morgan fingerprint density at radius 2 is 1.62 bits per heavy atom. The van der Waals surface area contributed by atoms with Gasteiger partial charge in [0.2, 0.25) is 3.79 Å². The van der Waals surface area contributed by atoms with Crippen LogP contribution in [0.3, 0.4) is 0 Å². The normalized spacial score (nSPS) is 12.2. The van der Waals surface area contributed by atoms with Crippen molar-refractivity contribution < 1.29 is 14.3 Å². The molecule has 26 heavy (non-hydrogen) atoms. The van der Waals surface area contributed by atoms with Crippen molar-refractivity contribution in [2.24, 2.45) is 0 Å². The number of anilines is 1. The lowest BCUT2D eigenvalue weighted by atomic mass is 10.2. The fraction of sp³-hybridized carbons (Fsp3) is 0.278. The van der Waals surface area contributed by atoms with Crippen molar-refractivity contribution in [1.82, 2.24) is 5.32 Å². The molecule has 1 atom stereocenters. The zero-order valence-corrected chi connectivity index (χ0v) is 16.7. The lowest BCUT2D eigenvalue weighted by molar-refractivity contribution is 0.0941. The number of benzene rings is 2. The molecule has 0 aliphatic carbocycles. The number of halogens is 3. The molecule has 2 aromatic carbocycles. The summed E-state index contributed by atoms with van der Waals surface area (Å²) in [6.45, 7) is 1.97. The van der Waals surface area contributed by atoms with Crippen LogP contribution >= 0.6 is 34.8 Å². The lowest BCUT2D eigenvalue weighted by Gasteiger charge is -2.27. The summed E-state index contributed by atoms with van der Waals surface area (Å²) in [6, 6.07) is 12.3. The summed E-state index contributed by atoms with van der Waals surface area (Å²) in [5, 5.41) is 5.70. The zero-order valence-electron chi connectivity index (χ0n) is 14.5. The van der Waals surface area contributed by atoms with E-state index in [0.717, 1.165) is 5.56 Å². The Kier molecular flexibility index (Phi) is 6.87. The van der Waals surface area contributed by atoms with E-state index in [-0.39, 0.29) is 0 Å². The Bertz CT molecular complexity index is 761. The number of alkyl halides is 3. The maximum atomic E-state index is 12.6. The summed E-state index contributed by atoms with van der Waals surface area (Å²) in [7, 11) is 3.00. The number of carbonyl (C=O) groups excluding carboxylic acids is 1. The minimum Gasteiger partial charge on any atom is -0.493 e. The Morgan fingerprint density at radius 1 is 1.00 bits per heavy atom. The van der Waals surface area contributed by atoms with Gasteiger partial charge in [-0.2, -0.15) is 0 Å². The van der Waals surface area contributed by atoms with Gasteiger partial charge in [-0.1, -0.05) is 52.5 Å². The molecule has 0 bridgehead atoms. The SMILES string of the molecule is COc1ccc(C(=O)NC(Nc2ccc(C)cc2)C(Cl)(Cl)Cl)cc1OC. The highest BCUT2D eigenvalue weighted by Crippen LogP contribution is 2.32. The first-order valence-corrected chi connectivity index (χ1v) is 8.81. The lowest BCUT2D eigenvalue weighted by Crippen LogP contribution is -2.49. The van der Waals surface area contributed by atoms with E-state index in [1.807, 2.05) is 31.2 Å². The van der Waals surface area contributed by atoms with Crippen LogP contribution < -0.4 is 20.1 Å². The maximum Gasteiger partial charge on any atom is 0.253 e. The van der Waals surface area contributed by atoms with Crippen LogP contribution in [0.25, 0.3) is 0 Å². The molecule has 0 aliphatic rings. The van der Waals surface area contributed by atoms with E-state index < -0.39 is 15.9 Å². The molecule has 8 heteroatoms. The fourth-order valence-corrected chi connectivity index (χ4v) is 2.54. The summed E-state index contributed by atoms with van der Waals surface area (Å²) in [5.74, 6) is 0.513. The third-order valence-electron chi connectivity index (χ3n) is 3.61. The van der Waals surface area contributed by atoms with E-state index in [1.54, 1.807) is 18.2 Å². The molecule has 0 heterocycles. The third kappa shape index (κ3) is 5.34. The standard InChI is InChI=1S/C18H19Cl3N2O3/c1-11-4-7-13(8-5-11)22-17(18(19,20)21)23-16(24)12-6-9-14(25-2)15(10-12)26-3/h4-10,17,22H,1-3H3,(H,23,24). The summed E-state index contributed by atoms with van der Waals surface area (Å²) in [4.78, 5) is 12.6. The van der Waals surface area contributed by atoms with Gasteiger partial charge in [-0.05, 0) is 37.3 Å². The second-order valence-corrected chi connectivity index (χ2v) is 7.90. The van der Waals surface area contributed by atoms with Gasteiger partial charge in [0.15, 0.2) is 11.5 Å². The molecule has 1 unspecified atom stereocenters. The monoisotopic (exact) mass is 416 g/mol. The number of aryl methyl sites for hydroxylation is 1. The molecule has 0 spiro atoms. The summed E-state index contributed by atoms with van der Waals surface area (Å²) in [5.41, 5.74) is 2.14. The molecule has 5 nitrogen and oxygen atoms in total. The van der Waals surface area contributed by atoms with Gasteiger partial charge in [-0.25, -0.2) is 0 Å². The number of hydrogen-bond acceptors (Lipinski definition) is 4. The molecule has 0 aromatic heterocycles. The van der Waals surface area contributed by atoms with Crippen LogP contribution in [0, 0.1) is 6.92 Å². The second-order valence-electron chi connectivity index (χ2n) is 5.53. The first-order chi connectivity index (χ1) is 12.2. The minimum absolute atomic E-state index is 0.340. The van der Waals surface area contributed by atoms with Crippen LogP contribution in [0.2, 0.25) is 0 Å². The molecule has 2 N–H and O–H groups in total. The van der Waals surface area contributed by atoms with Crippen LogP contribution in [0.5, 0.6) is 11.5 Å². The van der Waals surface area contributed by atoms with E-state index in [0.29, 0.717) is 22.7 Å². The van der Waals surface area contributed by atoms with Crippen molar-refractivity contribution in [3.8, 4) is 11.5 Å². The van der Waals surface area contributed by atoms with Crippen LogP contribution in [0.15, 0.2) is 42.5 Å². The van der Waals surface area contributed by atoms with Gasteiger partial charge < -0.3 is 20.1 Å². The summed E-state index contributed by atoms with van der Waals surface area (Å²) in [6.07, 6.45) is -0.948. The number of nitrogens with one attached hydrogen (secondary N) is 2. The van der Waals surface area contributed by atoms with Gasteiger partial charge in [0.1, 0.15) is 6.17 Å². The van der Waals surface area contributed by atoms with Crippen molar-refractivity contribution in [3.05, 3.63) is 53.6 Å². The first-order valence-electron chi connectivity index (χ1n) is 7.67. The number of carbonyl (C=O) groups is 1. The van der Waals surface area contributed by atoms with Crippen LogP contribution in [0.1, 0.15) is 15.9 Å². The molecule has 0 fully saturated rings. The Hall–Kier alpha value is -1.82. The highest BCUT2D eigenvalue weighted by molar-refractivity contribution is 6.68. The number of methoxy groups -OCH3 is 2. The largest absolute Gasteiger partial charge is 0.493 e. The molecule has 0 aliphatic heterocycles. The summed E-state index contributed by atoms with van der Waals surface area (Å²) < 4.78 is 8.60. The van der Waals surface area contributed by atoms with Crippen LogP contribution in [-0.2, 0) is 0 Å². The number of hydrogen-bond donors (Lipinski definition) is 2. The van der Waals surface area contributed by atoms with E-state index in [4.69, 9.17) is 44.3 Å². The zero-order chi connectivity index (χ0) is 19.3. The van der Waals surface area contributed by atoms with Gasteiger partial charge in [0, 0.05) is 11.3 Å². The van der Waals surface area contributed by atoms with Gasteiger partial charge in [-0.15, -0.1) is 0 Å². The quantitative estimate of drug-likeness (QED) is 0.535. The van der Waals surface area contributed by atoms with Crippen molar-refractivity contribution in [2.75, 3.05) is 19.5 Å². The molecule has 1 amide bonds. The van der Waals surface area contributed by atoms with Gasteiger partial charge in [0.25, 0.3) is 5.91 Å². The molecular formula is C18H19Cl3N2O3. The Morgan fingerprint density at radius 3 is 2.15 bits per heavy atom. The summed E-state index contributed by atoms with van der Waals surface area (Å²) >= 11 is 18.1. The molecule has 0 saturated heterocycles. The average Bonchev–Trinajstić information content (AvgIpc) is 2.61. The Labute approximate surface area is 167 Å². The smallest absolute Gasteiger partial charge is 0.253 e. The van der Waals surface area contributed by atoms with Crippen molar-refractivity contribution >= 4 is 46.4 Å². The molecular weight excluding hydrogens is 399 g/mol. The Balaban J connectivity index is 2.20. The third-order valence-corrected chi connectivity index (χ3v) is 4.27. The van der Waals surface area contributed by atoms with Crippen molar-refractivity contribution in [1.29, 1.82) is 0 Å². The molecule has 2 aromatic rings. The van der Waals surface area contributed by atoms with E-state index in [9.17, 15) is 4.79 Å². The van der Waals surface area contributed by atoms with Gasteiger partial charge >= 0.3 is 0 Å². The van der Waals surface area contributed by atoms with Crippen LogP contribution in [-0.4, -0.2) is 30.1 Å². The molecule has 0 saturated carbocycles. The second kappa shape index (κ2) is 8.71. The number of ether oxygens (including phenoxy) is 2. The molecule has 2 rings (SSSR count). The van der Waals surface area contributed by atoms with Gasteiger partial charge in [-0.3, -0.25) is 4.79 Å². The predicted molar refractivity (Wildman–Crippen MR) is 106 cm³/mol. The average molecular weight is 418 g/mol. The van der Waals surface area contributed by atoms with Gasteiger partial charge in [0.05, 0.1) is 14.2 Å². The van der Waals surface area contributed by atoms with Crippen LogP contribution in [0.4, 0.5) is 5.69 Å². The highest BCUT2D eigenvalue weighted by Gasteiger charge is 2.34. The maximum absolute atomic E-state index is 12.6. The minimum atomic E-state index is -1.77. The predicted octanol–water partition coefficient (Wildman–Crippen LogP) is 4.55. The van der Waals surface area contributed by atoms with Crippen molar-refractivity contribution in [2.45, 2.75) is 16.9 Å². The highest BCUT2D eigenvalue weighted by atomic mass is 35.6. The van der Waals surface area contributed by atoms with E-state index in [2.05, 4.69) is 10.6 Å².